The second-order valence-corrected chi connectivity index (χ2v) is 6.76. The number of carbonyl (C=O) groups is 2. The van der Waals surface area contributed by atoms with Gasteiger partial charge in [-0.05, 0) is 31.9 Å². The maximum atomic E-state index is 12.9. The predicted octanol–water partition coefficient (Wildman–Crippen LogP) is 2.80. The average molecular weight is 338 g/mol. The van der Waals surface area contributed by atoms with Crippen LogP contribution in [0, 0.1) is 13.8 Å². The fraction of sp³-hybridized carbons (Fsp3) is 0.300. The van der Waals surface area contributed by atoms with E-state index in [1.807, 2.05) is 50.2 Å². The molecule has 1 aliphatic heterocycles. The van der Waals surface area contributed by atoms with Crippen molar-refractivity contribution < 1.29 is 14.7 Å². The number of urea groups is 1. The first-order chi connectivity index (χ1) is 11.8. The lowest BCUT2D eigenvalue weighted by Gasteiger charge is -2.23. The Balaban J connectivity index is 1.81. The van der Waals surface area contributed by atoms with Gasteiger partial charge in [-0.15, -0.1) is 0 Å². The van der Waals surface area contributed by atoms with E-state index < -0.39 is 17.7 Å². The third-order valence-corrected chi connectivity index (χ3v) is 4.72. The van der Waals surface area contributed by atoms with Gasteiger partial charge < -0.3 is 10.4 Å². The summed E-state index contributed by atoms with van der Waals surface area (Å²) in [6.45, 7) is 5.54. The maximum absolute atomic E-state index is 12.9. The molecular weight excluding hydrogens is 316 g/mol. The summed E-state index contributed by atoms with van der Waals surface area (Å²) in [7, 11) is 0. The Kier molecular flexibility index (Phi) is 4.35. The van der Waals surface area contributed by atoms with Crippen molar-refractivity contribution in [3.63, 3.8) is 0 Å². The number of aliphatic hydroxyl groups excluding tert-OH is 1. The number of β-amino-alcohol motifs (C(OH)–C–C–N with tert-alkyl or cyclic N) is 1. The van der Waals surface area contributed by atoms with Crippen LogP contribution in [0.15, 0.2) is 48.5 Å². The number of rotatable bonds is 4. The van der Waals surface area contributed by atoms with Crippen molar-refractivity contribution in [3.05, 3.63) is 70.8 Å². The quantitative estimate of drug-likeness (QED) is 0.842. The normalized spacial score (nSPS) is 21.4. The molecule has 1 heterocycles. The third kappa shape index (κ3) is 3.15. The van der Waals surface area contributed by atoms with Gasteiger partial charge in [-0.1, -0.05) is 59.7 Å². The molecular formula is C20H22N2O3. The topological polar surface area (TPSA) is 69.6 Å². The number of hydrogen-bond donors (Lipinski definition) is 2. The van der Waals surface area contributed by atoms with E-state index in [1.165, 1.54) is 0 Å². The summed E-state index contributed by atoms with van der Waals surface area (Å²) in [6, 6.07) is 14.4. The fourth-order valence-corrected chi connectivity index (χ4v) is 3.01. The molecule has 2 aromatic rings. The lowest BCUT2D eigenvalue weighted by Crippen LogP contribution is -2.41. The van der Waals surface area contributed by atoms with E-state index in [0.717, 1.165) is 21.6 Å². The first-order valence-electron chi connectivity index (χ1n) is 8.27. The predicted molar refractivity (Wildman–Crippen MR) is 94.9 cm³/mol. The van der Waals surface area contributed by atoms with Crippen LogP contribution in [0.2, 0.25) is 0 Å². The van der Waals surface area contributed by atoms with Gasteiger partial charge in [-0.3, -0.25) is 9.69 Å². The zero-order valence-corrected chi connectivity index (χ0v) is 14.6. The van der Waals surface area contributed by atoms with Gasteiger partial charge in [0, 0.05) is 0 Å². The molecule has 25 heavy (non-hydrogen) atoms. The number of imide groups is 1. The molecule has 130 valence electrons. The van der Waals surface area contributed by atoms with Gasteiger partial charge >= 0.3 is 6.03 Å². The second kappa shape index (κ2) is 6.33. The smallest absolute Gasteiger partial charge is 0.325 e. The summed E-state index contributed by atoms with van der Waals surface area (Å²) in [5.41, 5.74) is 2.45. The Bertz CT molecular complexity index is 799. The standard InChI is InChI=1S/C20H22N2O3/c1-13-4-8-15(9-5-13)17(23)12-22-18(24)20(3,21-19(22)25)16-10-6-14(2)7-11-16/h4-11,17,23H,12H2,1-3H3,(H,21,25). The molecule has 5 nitrogen and oxygen atoms in total. The number of nitrogens with one attached hydrogen (secondary N) is 1. The average Bonchev–Trinajstić information content (AvgIpc) is 2.80. The molecule has 3 amide bonds. The van der Waals surface area contributed by atoms with Crippen molar-refractivity contribution in [3.8, 4) is 0 Å². The summed E-state index contributed by atoms with van der Waals surface area (Å²) in [5.74, 6) is -0.354. The van der Waals surface area contributed by atoms with Crippen LogP contribution in [-0.2, 0) is 10.3 Å². The Hall–Kier alpha value is -2.66. The number of aryl methyl sites for hydroxylation is 2. The molecule has 1 saturated heterocycles. The number of nitrogens with zero attached hydrogens (tertiary/aromatic N) is 1. The zero-order chi connectivity index (χ0) is 18.2. The van der Waals surface area contributed by atoms with Crippen LogP contribution in [0.1, 0.15) is 35.3 Å². The van der Waals surface area contributed by atoms with E-state index in [9.17, 15) is 14.7 Å². The van der Waals surface area contributed by atoms with Crippen LogP contribution in [0.25, 0.3) is 0 Å². The van der Waals surface area contributed by atoms with E-state index in [2.05, 4.69) is 5.32 Å². The minimum atomic E-state index is -1.11. The molecule has 2 atom stereocenters. The van der Waals surface area contributed by atoms with Gasteiger partial charge in [-0.2, -0.15) is 0 Å². The molecule has 2 N–H and O–H groups in total. The van der Waals surface area contributed by atoms with Crippen molar-refractivity contribution >= 4 is 11.9 Å². The summed E-state index contributed by atoms with van der Waals surface area (Å²) < 4.78 is 0. The van der Waals surface area contributed by atoms with Gasteiger partial charge in [0.2, 0.25) is 0 Å². The summed E-state index contributed by atoms with van der Waals surface area (Å²) >= 11 is 0. The number of aliphatic hydroxyl groups is 1. The molecule has 1 fully saturated rings. The van der Waals surface area contributed by atoms with Crippen LogP contribution in [0.3, 0.4) is 0 Å². The molecule has 0 spiro atoms. The molecule has 0 saturated carbocycles. The molecule has 0 aromatic heterocycles. The van der Waals surface area contributed by atoms with E-state index in [1.54, 1.807) is 19.1 Å². The third-order valence-electron chi connectivity index (χ3n) is 4.72. The van der Waals surface area contributed by atoms with E-state index in [-0.39, 0.29) is 12.5 Å². The molecule has 2 aromatic carbocycles. The van der Waals surface area contributed by atoms with Gasteiger partial charge in [0.05, 0.1) is 12.6 Å². The second-order valence-electron chi connectivity index (χ2n) is 6.76. The number of benzene rings is 2. The Morgan fingerprint density at radius 1 is 1.00 bits per heavy atom. The highest BCUT2D eigenvalue weighted by Crippen LogP contribution is 2.30. The van der Waals surface area contributed by atoms with Crippen LogP contribution >= 0.6 is 0 Å². The Labute approximate surface area is 147 Å². The van der Waals surface area contributed by atoms with Crippen molar-refractivity contribution in [2.24, 2.45) is 0 Å². The lowest BCUT2D eigenvalue weighted by atomic mass is 9.91. The summed E-state index contributed by atoms with van der Waals surface area (Å²) in [6.07, 6.45) is -0.921. The van der Waals surface area contributed by atoms with E-state index >= 15 is 0 Å². The zero-order valence-electron chi connectivity index (χ0n) is 14.6. The highest BCUT2D eigenvalue weighted by atomic mass is 16.3. The fourth-order valence-electron chi connectivity index (χ4n) is 3.01. The maximum Gasteiger partial charge on any atom is 0.325 e. The summed E-state index contributed by atoms with van der Waals surface area (Å²) in [4.78, 5) is 26.3. The van der Waals surface area contributed by atoms with Gasteiger partial charge in [0.1, 0.15) is 5.54 Å². The first-order valence-corrected chi connectivity index (χ1v) is 8.27. The van der Waals surface area contributed by atoms with Crippen molar-refractivity contribution in [1.29, 1.82) is 0 Å². The lowest BCUT2D eigenvalue weighted by molar-refractivity contribution is -0.132. The molecule has 1 aliphatic rings. The first kappa shape index (κ1) is 17.2. The molecule has 2 unspecified atom stereocenters. The molecule has 5 heteroatoms. The molecule has 3 rings (SSSR count). The van der Waals surface area contributed by atoms with Crippen molar-refractivity contribution in [2.45, 2.75) is 32.4 Å². The van der Waals surface area contributed by atoms with Crippen molar-refractivity contribution in [2.75, 3.05) is 6.54 Å². The minimum absolute atomic E-state index is 0.0742. The summed E-state index contributed by atoms with van der Waals surface area (Å²) in [5, 5.41) is 13.2. The van der Waals surface area contributed by atoms with Crippen LogP contribution in [-0.4, -0.2) is 28.5 Å². The van der Waals surface area contributed by atoms with E-state index in [0.29, 0.717) is 5.56 Å². The molecule has 0 aliphatic carbocycles. The highest BCUT2D eigenvalue weighted by Gasteiger charge is 2.49. The Morgan fingerprint density at radius 3 is 2.08 bits per heavy atom. The number of hydrogen-bond acceptors (Lipinski definition) is 3. The van der Waals surface area contributed by atoms with Crippen LogP contribution in [0.5, 0.6) is 0 Å². The van der Waals surface area contributed by atoms with Crippen LogP contribution in [0.4, 0.5) is 4.79 Å². The largest absolute Gasteiger partial charge is 0.387 e. The SMILES string of the molecule is Cc1ccc(C(O)CN2C(=O)NC(C)(c3ccc(C)cc3)C2=O)cc1. The molecule has 0 bridgehead atoms. The monoisotopic (exact) mass is 338 g/mol. The van der Waals surface area contributed by atoms with Crippen molar-refractivity contribution in [1.82, 2.24) is 10.2 Å². The highest BCUT2D eigenvalue weighted by molar-refractivity contribution is 6.07. The van der Waals surface area contributed by atoms with Gasteiger partial charge in [0.25, 0.3) is 5.91 Å². The Morgan fingerprint density at radius 2 is 1.52 bits per heavy atom. The molecule has 0 radical (unpaired) electrons. The number of amides is 3. The minimum Gasteiger partial charge on any atom is -0.387 e. The van der Waals surface area contributed by atoms with Gasteiger partial charge in [-0.25, -0.2) is 4.79 Å². The number of carbonyl (C=O) groups excluding carboxylic acids is 2. The van der Waals surface area contributed by atoms with Crippen LogP contribution < -0.4 is 5.32 Å². The van der Waals surface area contributed by atoms with Gasteiger partial charge in [0.15, 0.2) is 0 Å². The van der Waals surface area contributed by atoms with E-state index in [4.69, 9.17) is 0 Å².